The molecule has 0 spiro atoms. The molecule has 5 nitrogen and oxygen atoms in total. The zero-order valence-corrected chi connectivity index (χ0v) is 9.82. The molecule has 0 atom stereocenters. The lowest BCUT2D eigenvalue weighted by molar-refractivity contribution is 0.957. The molecule has 0 bridgehead atoms. The van der Waals surface area contributed by atoms with Crippen LogP contribution in [-0.2, 0) is 11.8 Å². The molecule has 0 unspecified atom stereocenters. The van der Waals surface area contributed by atoms with Crippen LogP contribution in [0.5, 0.6) is 0 Å². The van der Waals surface area contributed by atoms with E-state index in [1.54, 1.807) is 0 Å². The van der Waals surface area contributed by atoms with E-state index in [2.05, 4.69) is 48.0 Å². The van der Waals surface area contributed by atoms with Gasteiger partial charge in [-0.2, -0.15) is 5.10 Å². The molecule has 0 fully saturated rings. The highest BCUT2D eigenvalue weighted by molar-refractivity contribution is 9.08. The van der Waals surface area contributed by atoms with Gasteiger partial charge in [0.1, 0.15) is 6.33 Å². The first-order valence-corrected chi connectivity index (χ1v) is 5.73. The molecule has 1 N–H and O–H groups in total. The van der Waals surface area contributed by atoms with Crippen LogP contribution in [0.2, 0.25) is 0 Å². The van der Waals surface area contributed by atoms with E-state index in [1.807, 2.05) is 6.20 Å². The molecule has 0 aliphatic rings. The zero-order valence-electron chi connectivity index (χ0n) is 8.24. The van der Waals surface area contributed by atoms with Crippen molar-refractivity contribution >= 4 is 15.9 Å². The maximum atomic E-state index is 4.43. The van der Waals surface area contributed by atoms with E-state index in [-0.39, 0.29) is 0 Å². The fourth-order valence-corrected chi connectivity index (χ4v) is 1.76. The minimum Gasteiger partial charge on any atom is -0.257 e. The average molecular weight is 268 g/mol. The number of rotatable bonds is 3. The zero-order chi connectivity index (χ0) is 10.7. The number of nitrogens with zero attached hydrogens (tertiary/aromatic N) is 4. The largest absolute Gasteiger partial charge is 0.257 e. The summed E-state index contributed by atoms with van der Waals surface area (Å²) in [5, 5.41) is 7.29. The Bertz CT molecular complexity index is 440. The number of hydrogen-bond acceptors (Lipinski definition) is 4. The lowest BCUT2D eigenvalue weighted by Crippen LogP contribution is -2.00. The number of aryl methyl sites for hydroxylation is 1. The predicted molar refractivity (Wildman–Crippen MR) is 59.4 cm³/mol. The molecule has 2 aromatic heterocycles. The number of aromatic nitrogens is 5. The number of hydrogen-bond donors (Lipinski definition) is 1. The number of aromatic amines is 1. The maximum absolute atomic E-state index is 4.43. The molecule has 0 saturated heterocycles. The van der Waals surface area contributed by atoms with Crippen molar-refractivity contribution in [2.45, 2.75) is 18.7 Å². The van der Waals surface area contributed by atoms with E-state index in [0.29, 0.717) is 11.6 Å². The van der Waals surface area contributed by atoms with Crippen molar-refractivity contribution in [1.29, 1.82) is 0 Å². The molecule has 2 heterocycles. The lowest BCUT2D eigenvalue weighted by Gasteiger charge is -2.04. The molecular formula is C9H10BrN5. The van der Waals surface area contributed by atoms with E-state index < -0.39 is 0 Å². The van der Waals surface area contributed by atoms with Crippen LogP contribution in [0, 0.1) is 0 Å². The standard InChI is InChI=1S/C9H10BrN5/c1-2-7-6(3-10)4-11-8(14-7)9-12-5-13-15-9/h4-5H,2-3H2,1H3,(H,12,13,15). The third-order valence-corrected chi connectivity index (χ3v) is 2.66. The Kier molecular flexibility index (Phi) is 3.05. The summed E-state index contributed by atoms with van der Waals surface area (Å²) in [5.74, 6) is 1.19. The molecular weight excluding hydrogens is 258 g/mol. The molecule has 0 aliphatic carbocycles. The lowest BCUT2D eigenvalue weighted by atomic mass is 10.2. The summed E-state index contributed by atoms with van der Waals surface area (Å²) in [4.78, 5) is 12.7. The highest BCUT2D eigenvalue weighted by Crippen LogP contribution is 2.14. The number of nitrogens with one attached hydrogen (secondary N) is 1. The summed E-state index contributed by atoms with van der Waals surface area (Å²) < 4.78 is 0. The molecule has 0 amide bonds. The summed E-state index contributed by atoms with van der Waals surface area (Å²) >= 11 is 3.41. The van der Waals surface area contributed by atoms with Gasteiger partial charge in [-0.25, -0.2) is 15.0 Å². The first kappa shape index (κ1) is 10.2. The Labute approximate surface area is 95.5 Å². The van der Waals surface area contributed by atoms with Crippen LogP contribution < -0.4 is 0 Å². The molecule has 6 heteroatoms. The SMILES string of the molecule is CCc1nc(-c2ncn[nH]2)ncc1CBr. The third-order valence-electron chi connectivity index (χ3n) is 2.06. The first-order chi connectivity index (χ1) is 7.35. The Morgan fingerprint density at radius 2 is 2.27 bits per heavy atom. The molecule has 2 rings (SSSR count). The number of H-pyrrole nitrogens is 1. The van der Waals surface area contributed by atoms with E-state index in [9.17, 15) is 0 Å². The summed E-state index contributed by atoms with van der Waals surface area (Å²) in [6.07, 6.45) is 4.14. The Balaban J connectivity index is 2.43. The van der Waals surface area contributed by atoms with E-state index in [0.717, 1.165) is 23.0 Å². The molecule has 78 valence electrons. The van der Waals surface area contributed by atoms with Gasteiger partial charge in [0, 0.05) is 22.8 Å². The summed E-state index contributed by atoms with van der Waals surface area (Å²) in [7, 11) is 0. The summed E-state index contributed by atoms with van der Waals surface area (Å²) in [5.41, 5.74) is 2.15. The van der Waals surface area contributed by atoms with Crippen molar-refractivity contribution in [2.75, 3.05) is 0 Å². The van der Waals surface area contributed by atoms with Crippen molar-refractivity contribution in [3.05, 3.63) is 23.8 Å². The number of alkyl halides is 1. The van der Waals surface area contributed by atoms with Gasteiger partial charge >= 0.3 is 0 Å². The summed E-state index contributed by atoms with van der Waals surface area (Å²) in [6.45, 7) is 2.07. The van der Waals surface area contributed by atoms with Gasteiger partial charge in [-0.1, -0.05) is 22.9 Å². The van der Waals surface area contributed by atoms with E-state index in [1.165, 1.54) is 6.33 Å². The van der Waals surface area contributed by atoms with Crippen LogP contribution in [0.15, 0.2) is 12.5 Å². The van der Waals surface area contributed by atoms with Crippen molar-refractivity contribution in [2.24, 2.45) is 0 Å². The van der Waals surface area contributed by atoms with E-state index >= 15 is 0 Å². The Morgan fingerprint density at radius 3 is 2.87 bits per heavy atom. The van der Waals surface area contributed by atoms with Crippen LogP contribution in [0.1, 0.15) is 18.2 Å². The van der Waals surface area contributed by atoms with Crippen molar-refractivity contribution in [1.82, 2.24) is 25.1 Å². The van der Waals surface area contributed by atoms with Gasteiger partial charge < -0.3 is 0 Å². The quantitative estimate of drug-likeness (QED) is 0.860. The van der Waals surface area contributed by atoms with Gasteiger partial charge in [-0.3, -0.25) is 5.10 Å². The second-order valence-electron chi connectivity index (χ2n) is 2.99. The smallest absolute Gasteiger partial charge is 0.197 e. The van der Waals surface area contributed by atoms with Gasteiger partial charge in [-0.15, -0.1) is 0 Å². The normalized spacial score (nSPS) is 10.5. The molecule has 0 aromatic carbocycles. The van der Waals surface area contributed by atoms with Gasteiger partial charge in [0.05, 0.1) is 0 Å². The van der Waals surface area contributed by atoms with Crippen LogP contribution in [-0.4, -0.2) is 25.1 Å². The van der Waals surface area contributed by atoms with Crippen LogP contribution >= 0.6 is 15.9 Å². The second kappa shape index (κ2) is 4.48. The van der Waals surface area contributed by atoms with Crippen LogP contribution in [0.25, 0.3) is 11.6 Å². The Hall–Kier alpha value is -1.30. The monoisotopic (exact) mass is 267 g/mol. The van der Waals surface area contributed by atoms with Gasteiger partial charge in [0.15, 0.2) is 11.6 Å². The third kappa shape index (κ3) is 2.04. The Morgan fingerprint density at radius 1 is 1.40 bits per heavy atom. The highest BCUT2D eigenvalue weighted by Gasteiger charge is 2.08. The van der Waals surface area contributed by atoms with E-state index in [4.69, 9.17) is 0 Å². The second-order valence-corrected chi connectivity index (χ2v) is 3.55. The molecule has 15 heavy (non-hydrogen) atoms. The van der Waals surface area contributed by atoms with Crippen molar-refractivity contribution in [3.63, 3.8) is 0 Å². The van der Waals surface area contributed by atoms with Crippen LogP contribution in [0.4, 0.5) is 0 Å². The predicted octanol–water partition coefficient (Wildman–Crippen LogP) is 1.72. The van der Waals surface area contributed by atoms with Gasteiger partial charge in [-0.05, 0) is 6.42 Å². The molecule has 2 aromatic rings. The number of halogens is 1. The minimum atomic E-state index is 0.592. The molecule has 0 aliphatic heterocycles. The average Bonchev–Trinajstić information content (AvgIpc) is 2.81. The van der Waals surface area contributed by atoms with Crippen LogP contribution in [0.3, 0.4) is 0 Å². The highest BCUT2D eigenvalue weighted by atomic mass is 79.9. The van der Waals surface area contributed by atoms with Crippen molar-refractivity contribution in [3.8, 4) is 11.6 Å². The van der Waals surface area contributed by atoms with Crippen molar-refractivity contribution < 1.29 is 0 Å². The summed E-state index contributed by atoms with van der Waals surface area (Å²) in [6, 6.07) is 0. The molecule has 0 radical (unpaired) electrons. The first-order valence-electron chi connectivity index (χ1n) is 4.61. The fraction of sp³-hybridized carbons (Fsp3) is 0.333. The fourth-order valence-electron chi connectivity index (χ4n) is 1.29. The van der Waals surface area contributed by atoms with Gasteiger partial charge in [0.25, 0.3) is 0 Å². The topological polar surface area (TPSA) is 67.3 Å². The maximum Gasteiger partial charge on any atom is 0.197 e. The van der Waals surface area contributed by atoms with Gasteiger partial charge in [0.2, 0.25) is 0 Å². The minimum absolute atomic E-state index is 0.592. The molecule has 0 saturated carbocycles.